The number of pyridine rings is 1. The minimum absolute atomic E-state index is 0.469. The Morgan fingerprint density at radius 1 is 1.56 bits per heavy atom. The van der Waals surface area contributed by atoms with E-state index in [1.54, 1.807) is 0 Å². The van der Waals surface area contributed by atoms with Gasteiger partial charge in [-0.25, -0.2) is 0 Å². The first kappa shape index (κ1) is 13.7. The van der Waals surface area contributed by atoms with Gasteiger partial charge in [0, 0.05) is 36.5 Å². The van der Waals surface area contributed by atoms with Gasteiger partial charge in [-0.1, -0.05) is 6.92 Å². The molecule has 100 valence electrons. The van der Waals surface area contributed by atoms with E-state index >= 15 is 0 Å². The lowest BCUT2D eigenvalue weighted by atomic mass is 10.3. The SMILES string of the molecule is CCCNc1ccnc(CSCC2CCCO2)c1. The van der Waals surface area contributed by atoms with E-state index in [2.05, 4.69) is 23.3 Å². The summed E-state index contributed by atoms with van der Waals surface area (Å²) >= 11 is 1.92. The molecule has 1 unspecified atom stereocenters. The molecule has 1 aromatic rings. The summed E-state index contributed by atoms with van der Waals surface area (Å²) in [4.78, 5) is 4.41. The third kappa shape index (κ3) is 4.50. The average Bonchev–Trinajstić information content (AvgIpc) is 2.90. The molecule has 0 radical (unpaired) electrons. The number of nitrogens with one attached hydrogen (secondary N) is 1. The minimum Gasteiger partial charge on any atom is -0.385 e. The first-order valence-corrected chi connectivity index (χ1v) is 7.92. The van der Waals surface area contributed by atoms with Crippen LogP contribution in [0.3, 0.4) is 0 Å². The molecule has 2 heterocycles. The van der Waals surface area contributed by atoms with Crippen LogP contribution >= 0.6 is 11.8 Å². The van der Waals surface area contributed by atoms with E-state index < -0.39 is 0 Å². The van der Waals surface area contributed by atoms with Crippen molar-refractivity contribution in [3.05, 3.63) is 24.0 Å². The van der Waals surface area contributed by atoms with Gasteiger partial charge >= 0.3 is 0 Å². The summed E-state index contributed by atoms with van der Waals surface area (Å²) in [6.45, 7) is 4.14. The number of thioether (sulfide) groups is 1. The molecular formula is C14H22N2OS. The van der Waals surface area contributed by atoms with Crippen LogP contribution in [0.4, 0.5) is 5.69 Å². The third-order valence-electron chi connectivity index (χ3n) is 2.97. The van der Waals surface area contributed by atoms with Gasteiger partial charge in [-0.2, -0.15) is 11.8 Å². The van der Waals surface area contributed by atoms with Crippen molar-refractivity contribution in [1.82, 2.24) is 4.98 Å². The van der Waals surface area contributed by atoms with Crippen molar-refractivity contribution in [2.75, 3.05) is 24.2 Å². The van der Waals surface area contributed by atoms with Gasteiger partial charge in [0.25, 0.3) is 0 Å². The number of hydrogen-bond acceptors (Lipinski definition) is 4. The van der Waals surface area contributed by atoms with Crippen molar-refractivity contribution in [2.45, 2.75) is 38.0 Å². The van der Waals surface area contributed by atoms with Crippen LogP contribution in [-0.4, -0.2) is 30.0 Å². The molecule has 18 heavy (non-hydrogen) atoms. The van der Waals surface area contributed by atoms with Gasteiger partial charge in [0.05, 0.1) is 11.8 Å². The van der Waals surface area contributed by atoms with Crippen LogP contribution < -0.4 is 5.32 Å². The Kier molecular flexibility index (Phi) is 5.81. The van der Waals surface area contributed by atoms with Gasteiger partial charge in [-0.3, -0.25) is 4.98 Å². The highest BCUT2D eigenvalue weighted by atomic mass is 32.2. The van der Waals surface area contributed by atoms with Gasteiger partial charge in [-0.05, 0) is 31.4 Å². The maximum Gasteiger partial charge on any atom is 0.0666 e. The normalized spacial score (nSPS) is 19.1. The van der Waals surface area contributed by atoms with E-state index in [0.717, 1.165) is 36.8 Å². The quantitative estimate of drug-likeness (QED) is 0.821. The number of nitrogens with zero attached hydrogens (tertiary/aromatic N) is 1. The van der Waals surface area contributed by atoms with Crippen LogP contribution in [0, 0.1) is 0 Å². The fourth-order valence-electron chi connectivity index (χ4n) is 2.01. The lowest BCUT2D eigenvalue weighted by molar-refractivity contribution is 0.129. The Bertz CT molecular complexity index is 353. The maximum absolute atomic E-state index is 5.61. The maximum atomic E-state index is 5.61. The highest BCUT2D eigenvalue weighted by molar-refractivity contribution is 7.98. The highest BCUT2D eigenvalue weighted by Gasteiger charge is 2.15. The summed E-state index contributed by atoms with van der Waals surface area (Å²) in [5.74, 6) is 2.07. The molecule has 1 aliphatic heterocycles. The molecule has 2 rings (SSSR count). The molecule has 0 saturated carbocycles. The van der Waals surface area contributed by atoms with Crippen LogP contribution in [0.2, 0.25) is 0 Å². The summed E-state index contributed by atoms with van der Waals surface area (Å²) < 4.78 is 5.61. The molecule has 1 aliphatic rings. The Balaban J connectivity index is 1.74. The first-order valence-electron chi connectivity index (χ1n) is 6.76. The minimum atomic E-state index is 0.469. The van der Waals surface area contributed by atoms with Gasteiger partial charge in [0.2, 0.25) is 0 Å². The van der Waals surface area contributed by atoms with Crippen LogP contribution in [0.15, 0.2) is 18.3 Å². The molecule has 1 atom stereocenters. The predicted molar refractivity (Wildman–Crippen MR) is 78.2 cm³/mol. The largest absolute Gasteiger partial charge is 0.385 e. The molecule has 1 saturated heterocycles. The fourth-order valence-corrected chi connectivity index (χ4v) is 3.02. The predicted octanol–water partition coefficient (Wildman–Crippen LogP) is 3.32. The van der Waals surface area contributed by atoms with Crippen molar-refractivity contribution in [3.63, 3.8) is 0 Å². The zero-order chi connectivity index (χ0) is 12.6. The van der Waals surface area contributed by atoms with E-state index in [1.807, 2.05) is 24.0 Å². The van der Waals surface area contributed by atoms with Crippen molar-refractivity contribution in [2.24, 2.45) is 0 Å². The van der Waals surface area contributed by atoms with E-state index in [1.165, 1.54) is 18.5 Å². The summed E-state index contributed by atoms with van der Waals surface area (Å²) in [6.07, 6.45) is 5.94. The van der Waals surface area contributed by atoms with Gasteiger partial charge in [0.15, 0.2) is 0 Å². The van der Waals surface area contributed by atoms with Gasteiger partial charge < -0.3 is 10.1 Å². The summed E-state index contributed by atoms with van der Waals surface area (Å²) in [5.41, 5.74) is 2.33. The Morgan fingerprint density at radius 2 is 2.50 bits per heavy atom. The summed E-state index contributed by atoms with van der Waals surface area (Å²) in [7, 11) is 0. The monoisotopic (exact) mass is 266 g/mol. The second-order valence-electron chi connectivity index (χ2n) is 4.61. The molecule has 1 N–H and O–H groups in total. The van der Waals surface area contributed by atoms with Crippen LogP contribution in [0.5, 0.6) is 0 Å². The van der Waals surface area contributed by atoms with Crippen LogP contribution in [-0.2, 0) is 10.5 Å². The molecule has 0 spiro atoms. The number of rotatable bonds is 7. The molecule has 0 amide bonds. The van der Waals surface area contributed by atoms with Crippen molar-refractivity contribution >= 4 is 17.4 Å². The third-order valence-corrected chi connectivity index (χ3v) is 4.08. The topological polar surface area (TPSA) is 34.2 Å². The standard InChI is InChI=1S/C14H22N2OS/c1-2-6-15-12-5-7-16-13(9-12)10-18-11-14-4-3-8-17-14/h5,7,9,14H,2-4,6,8,10-11H2,1H3,(H,15,16). The number of ether oxygens (including phenoxy) is 1. The van der Waals surface area contributed by atoms with Gasteiger partial charge in [-0.15, -0.1) is 0 Å². The number of anilines is 1. The van der Waals surface area contributed by atoms with Crippen LogP contribution in [0.25, 0.3) is 0 Å². The lowest BCUT2D eigenvalue weighted by Crippen LogP contribution is -2.08. The summed E-state index contributed by atoms with van der Waals surface area (Å²) in [6, 6.07) is 4.18. The summed E-state index contributed by atoms with van der Waals surface area (Å²) in [5, 5.41) is 3.39. The second-order valence-corrected chi connectivity index (χ2v) is 5.64. The van der Waals surface area contributed by atoms with E-state index in [4.69, 9.17) is 4.74 Å². The highest BCUT2D eigenvalue weighted by Crippen LogP contribution is 2.20. The molecule has 0 bridgehead atoms. The zero-order valence-electron chi connectivity index (χ0n) is 11.0. The molecule has 0 aromatic carbocycles. The molecule has 3 nitrogen and oxygen atoms in total. The van der Waals surface area contributed by atoms with E-state index in [9.17, 15) is 0 Å². The molecule has 1 aromatic heterocycles. The van der Waals surface area contributed by atoms with Gasteiger partial charge in [0.1, 0.15) is 0 Å². The Hall–Kier alpha value is -0.740. The van der Waals surface area contributed by atoms with E-state index in [-0.39, 0.29) is 0 Å². The molecule has 1 fully saturated rings. The Morgan fingerprint density at radius 3 is 3.28 bits per heavy atom. The average molecular weight is 266 g/mol. The second kappa shape index (κ2) is 7.64. The first-order chi connectivity index (χ1) is 8.88. The van der Waals surface area contributed by atoms with Crippen LogP contribution in [0.1, 0.15) is 31.9 Å². The van der Waals surface area contributed by atoms with E-state index in [0.29, 0.717) is 6.10 Å². The van der Waals surface area contributed by atoms with Crippen molar-refractivity contribution < 1.29 is 4.74 Å². The fraction of sp³-hybridized carbons (Fsp3) is 0.643. The van der Waals surface area contributed by atoms with Crippen molar-refractivity contribution in [3.8, 4) is 0 Å². The number of hydrogen-bond donors (Lipinski definition) is 1. The molecular weight excluding hydrogens is 244 g/mol. The lowest BCUT2D eigenvalue weighted by Gasteiger charge is -2.09. The van der Waals surface area contributed by atoms with Crippen molar-refractivity contribution in [1.29, 1.82) is 0 Å². The zero-order valence-corrected chi connectivity index (χ0v) is 11.8. The Labute approximate surface area is 114 Å². The molecule has 0 aliphatic carbocycles. The molecule has 4 heteroatoms. The smallest absolute Gasteiger partial charge is 0.0666 e. The number of aromatic nitrogens is 1.